The van der Waals surface area contributed by atoms with Gasteiger partial charge in [0.15, 0.2) is 5.96 Å². The topological polar surface area (TPSA) is 39.7 Å². The molecule has 0 radical (unpaired) electrons. The van der Waals surface area contributed by atoms with Crippen molar-refractivity contribution in [3.8, 4) is 0 Å². The summed E-state index contributed by atoms with van der Waals surface area (Å²) in [5.41, 5.74) is 2.78. The first-order chi connectivity index (χ1) is 11.7. The van der Waals surface area contributed by atoms with Crippen molar-refractivity contribution in [2.75, 3.05) is 20.1 Å². The normalized spacial score (nSPS) is 25.0. The number of rotatable bonds is 6. The molecule has 1 saturated carbocycles. The molecule has 3 rings (SSSR count). The summed E-state index contributed by atoms with van der Waals surface area (Å²) in [5.74, 6) is 0.940. The molecule has 1 aromatic carbocycles. The van der Waals surface area contributed by atoms with Crippen LogP contribution in [0.3, 0.4) is 0 Å². The van der Waals surface area contributed by atoms with Crippen molar-refractivity contribution >= 4 is 5.96 Å². The number of hydrogen-bond acceptors (Lipinski definition) is 2. The Bertz CT molecular complexity index is 547. The van der Waals surface area contributed by atoms with Gasteiger partial charge in [0.25, 0.3) is 0 Å². The van der Waals surface area contributed by atoms with Gasteiger partial charge in [-0.2, -0.15) is 0 Å². The van der Waals surface area contributed by atoms with Crippen LogP contribution in [0.15, 0.2) is 29.3 Å². The van der Waals surface area contributed by atoms with Crippen LogP contribution in [-0.4, -0.2) is 49.1 Å². The van der Waals surface area contributed by atoms with Crippen molar-refractivity contribution in [2.45, 2.75) is 64.1 Å². The summed E-state index contributed by atoms with van der Waals surface area (Å²) >= 11 is 0. The molecule has 2 fully saturated rings. The molecule has 2 atom stereocenters. The summed E-state index contributed by atoms with van der Waals surface area (Å²) in [5, 5.41) is 7.08. The lowest BCUT2D eigenvalue weighted by atomic mass is 10.1. The van der Waals surface area contributed by atoms with E-state index in [2.05, 4.69) is 58.6 Å². The van der Waals surface area contributed by atoms with Crippen molar-refractivity contribution in [2.24, 2.45) is 4.99 Å². The SMILES string of the molecule is CCc1ccc(CCNC(=NC)NC2CC(C)N(C3CC3)C2)cc1. The van der Waals surface area contributed by atoms with Gasteiger partial charge in [-0.1, -0.05) is 31.2 Å². The zero-order valence-corrected chi connectivity index (χ0v) is 15.4. The molecule has 1 saturated heterocycles. The number of nitrogens with one attached hydrogen (secondary N) is 2. The molecule has 2 aliphatic rings. The van der Waals surface area contributed by atoms with Gasteiger partial charge in [-0.3, -0.25) is 9.89 Å². The zero-order valence-electron chi connectivity index (χ0n) is 15.4. The summed E-state index contributed by atoms with van der Waals surface area (Å²) in [6.07, 6.45) is 6.13. The van der Waals surface area contributed by atoms with Gasteiger partial charge < -0.3 is 10.6 Å². The maximum Gasteiger partial charge on any atom is 0.191 e. The molecule has 1 aromatic rings. The molecule has 132 valence electrons. The molecule has 1 aliphatic heterocycles. The second-order valence-electron chi connectivity index (χ2n) is 7.27. The van der Waals surface area contributed by atoms with Crippen LogP contribution in [0.4, 0.5) is 0 Å². The van der Waals surface area contributed by atoms with E-state index in [1.165, 1.54) is 30.4 Å². The third kappa shape index (κ3) is 4.50. The van der Waals surface area contributed by atoms with Gasteiger partial charge in [0, 0.05) is 38.3 Å². The minimum absolute atomic E-state index is 0.524. The van der Waals surface area contributed by atoms with Crippen LogP contribution in [-0.2, 0) is 12.8 Å². The largest absolute Gasteiger partial charge is 0.356 e. The fraction of sp³-hybridized carbons (Fsp3) is 0.650. The van der Waals surface area contributed by atoms with Gasteiger partial charge in [0.05, 0.1) is 0 Å². The van der Waals surface area contributed by atoms with Crippen molar-refractivity contribution < 1.29 is 0 Å². The molecule has 2 unspecified atom stereocenters. The first-order valence-electron chi connectivity index (χ1n) is 9.50. The Balaban J connectivity index is 1.41. The lowest BCUT2D eigenvalue weighted by Crippen LogP contribution is -2.45. The molecule has 0 bridgehead atoms. The summed E-state index contributed by atoms with van der Waals surface area (Å²) < 4.78 is 0. The highest BCUT2D eigenvalue weighted by Gasteiger charge is 2.38. The Kier molecular flexibility index (Phi) is 5.77. The van der Waals surface area contributed by atoms with Gasteiger partial charge in [-0.15, -0.1) is 0 Å². The molecular weight excluding hydrogens is 296 g/mol. The van der Waals surface area contributed by atoms with Crippen molar-refractivity contribution in [3.05, 3.63) is 35.4 Å². The van der Waals surface area contributed by atoms with Crippen LogP contribution in [0.1, 0.15) is 44.2 Å². The first kappa shape index (κ1) is 17.3. The van der Waals surface area contributed by atoms with E-state index in [9.17, 15) is 0 Å². The third-order valence-corrected chi connectivity index (χ3v) is 5.34. The quantitative estimate of drug-likeness (QED) is 0.623. The molecule has 0 spiro atoms. The van der Waals surface area contributed by atoms with E-state index in [1.807, 2.05) is 7.05 Å². The maximum absolute atomic E-state index is 4.40. The number of aryl methyl sites for hydroxylation is 1. The summed E-state index contributed by atoms with van der Waals surface area (Å²) in [6.45, 7) is 6.63. The molecule has 0 aromatic heterocycles. The molecular formula is C20H32N4. The van der Waals surface area contributed by atoms with Crippen molar-refractivity contribution in [3.63, 3.8) is 0 Å². The summed E-state index contributed by atoms with van der Waals surface area (Å²) in [6, 6.07) is 11.0. The highest BCUT2D eigenvalue weighted by Crippen LogP contribution is 2.33. The molecule has 1 aliphatic carbocycles. The standard InChI is InChI=1S/C20H32N4/c1-4-16-5-7-17(8-6-16)11-12-22-20(21-3)23-18-13-15(2)24(14-18)19-9-10-19/h5-8,15,18-19H,4,9-14H2,1-3H3,(H2,21,22,23). The van der Waals surface area contributed by atoms with Crippen LogP contribution in [0, 0.1) is 0 Å². The van der Waals surface area contributed by atoms with Crippen LogP contribution in [0.25, 0.3) is 0 Å². The minimum atomic E-state index is 0.524. The Morgan fingerprint density at radius 1 is 1.21 bits per heavy atom. The smallest absolute Gasteiger partial charge is 0.191 e. The minimum Gasteiger partial charge on any atom is -0.356 e. The van der Waals surface area contributed by atoms with Crippen LogP contribution >= 0.6 is 0 Å². The molecule has 4 heteroatoms. The van der Waals surface area contributed by atoms with E-state index in [-0.39, 0.29) is 0 Å². The molecule has 2 N–H and O–H groups in total. The predicted octanol–water partition coefficient (Wildman–Crippen LogP) is 2.58. The molecule has 1 heterocycles. The lowest BCUT2D eigenvalue weighted by Gasteiger charge is -2.20. The van der Waals surface area contributed by atoms with Crippen molar-refractivity contribution in [1.82, 2.24) is 15.5 Å². The van der Waals surface area contributed by atoms with Crippen LogP contribution in [0.2, 0.25) is 0 Å². The highest BCUT2D eigenvalue weighted by atomic mass is 15.3. The monoisotopic (exact) mass is 328 g/mol. The zero-order chi connectivity index (χ0) is 16.9. The molecule has 4 nitrogen and oxygen atoms in total. The summed E-state index contributed by atoms with van der Waals surface area (Å²) in [4.78, 5) is 7.06. The predicted molar refractivity (Wildman–Crippen MR) is 102 cm³/mol. The Hall–Kier alpha value is -1.55. The van der Waals surface area contributed by atoms with E-state index >= 15 is 0 Å². The van der Waals surface area contributed by atoms with Gasteiger partial charge in [0.1, 0.15) is 0 Å². The average molecular weight is 329 g/mol. The second-order valence-corrected chi connectivity index (χ2v) is 7.27. The van der Waals surface area contributed by atoms with Crippen molar-refractivity contribution in [1.29, 1.82) is 0 Å². The number of likely N-dealkylation sites (tertiary alicyclic amines) is 1. The van der Waals surface area contributed by atoms with E-state index in [0.717, 1.165) is 37.9 Å². The number of aliphatic imine (C=N–C) groups is 1. The number of nitrogens with zero attached hydrogens (tertiary/aromatic N) is 2. The second kappa shape index (κ2) is 8.02. The molecule has 0 amide bonds. The van der Waals surface area contributed by atoms with Crippen LogP contribution in [0.5, 0.6) is 0 Å². The van der Waals surface area contributed by atoms with Crippen LogP contribution < -0.4 is 10.6 Å². The Morgan fingerprint density at radius 3 is 2.54 bits per heavy atom. The van der Waals surface area contributed by atoms with E-state index in [0.29, 0.717) is 12.1 Å². The van der Waals surface area contributed by atoms with Gasteiger partial charge in [-0.05, 0) is 50.2 Å². The highest BCUT2D eigenvalue weighted by molar-refractivity contribution is 5.80. The van der Waals surface area contributed by atoms with E-state index < -0.39 is 0 Å². The fourth-order valence-corrected chi connectivity index (χ4v) is 3.73. The van der Waals surface area contributed by atoms with Gasteiger partial charge in [-0.25, -0.2) is 0 Å². The third-order valence-electron chi connectivity index (χ3n) is 5.34. The Morgan fingerprint density at radius 2 is 1.92 bits per heavy atom. The number of benzene rings is 1. The maximum atomic E-state index is 4.40. The van der Waals surface area contributed by atoms with E-state index in [4.69, 9.17) is 0 Å². The lowest BCUT2D eigenvalue weighted by molar-refractivity contribution is 0.256. The van der Waals surface area contributed by atoms with E-state index in [1.54, 1.807) is 0 Å². The van der Waals surface area contributed by atoms with Gasteiger partial charge >= 0.3 is 0 Å². The Labute approximate surface area is 146 Å². The number of hydrogen-bond donors (Lipinski definition) is 2. The van der Waals surface area contributed by atoms with Gasteiger partial charge in [0.2, 0.25) is 0 Å². The average Bonchev–Trinajstić information content (AvgIpc) is 3.38. The fourth-order valence-electron chi connectivity index (χ4n) is 3.73. The molecule has 24 heavy (non-hydrogen) atoms. The summed E-state index contributed by atoms with van der Waals surface area (Å²) in [7, 11) is 1.86. The first-order valence-corrected chi connectivity index (χ1v) is 9.50. The number of guanidine groups is 1.